The minimum atomic E-state index is -4.52. The first-order valence-electron chi connectivity index (χ1n) is 6.50. The van der Waals surface area contributed by atoms with E-state index in [2.05, 4.69) is 5.32 Å². The van der Waals surface area contributed by atoms with Gasteiger partial charge in [-0.1, -0.05) is 31.0 Å². The van der Waals surface area contributed by atoms with Crippen molar-refractivity contribution >= 4 is 17.5 Å². The van der Waals surface area contributed by atoms with Crippen LogP contribution >= 0.6 is 11.6 Å². The van der Waals surface area contributed by atoms with Crippen molar-refractivity contribution in [3.05, 3.63) is 35.4 Å². The molecule has 0 aliphatic heterocycles. The van der Waals surface area contributed by atoms with E-state index in [1.807, 2.05) is 0 Å². The number of rotatable bonds is 3. The minimum absolute atomic E-state index is 0.0294. The van der Waals surface area contributed by atoms with Crippen molar-refractivity contribution in [2.45, 2.75) is 43.3 Å². The molecule has 0 saturated heterocycles. The van der Waals surface area contributed by atoms with Gasteiger partial charge in [0, 0.05) is 6.04 Å². The first-order chi connectivity index (χ1) is 9.39. The molecule has 1 aromatic rings. The Morgan fingerprint density at radius 1 is 1.25 bits per heavy atom. The van der Waals surface area contributed by atoms with Crippen molar-refractivity contribution in [1.29, 1.82) is 0 Å². The highest BCUT2D eigenvalue weighted by atomic mass is 35.5. The summed E-state index contributed by atoms with van der Waals surface area (Å²) < 4.78 is 38.7. The third-order valence-corrected chi connectivity index (χ3v) is 3.90. The Balaban J connectivity index is 2.16. The normalized spacial score (nSPS) is 18.0. The van der Waals surface area contributed by atoms with E-state index in [1.54, 1.807) is 0 Å². The molecule has 6 heteroatoms. The molecule has 2 nitrogen and oxygen atoms in total. The van der Waals surface area contributed by atoms with Crippen molar-refractivity contribution < 1.29 is 18.0 Å². The lowest BCUT2D eigenvalue weighted by atomic mass is 10.0. The Kier molecular flexibility index (Phi) is 4.58. The lowest BCUT2D eigenvalue weighted by Crippen LogP contribution is -2.35. The minimum Gasteiger partial charge on any atom is -0.352 e. The van der Waals surface area contributed by atoms with Crippen LogP contribution in [0.4, 0.5) is 13.2 Å². The molecule has 0 spiro atoms. The Labute approximate surface area is 120 Å². The molecule has 1 amide bonds. The van der Waals surface area contributed by atoms with E-state index in [0.29, 0.717) is 0 Å². The zero-order valence-electron chi connectivity index (χ0n) is 10.7. The molecule has 1 N–H and O–H groups in total. The average molecular weight is 306 g/mol. The topological polar surface area (TPSA) is 29.1 Å². The van der Waals surface area contributed by atoms with Gasteiger partial charge in [-0.25, -0.2) is 0 Å². The number of carbonyl (C=O) groups is 1. The second-order valence-corrected chi connectivity index (χ2v) is 5.37. The lowest BCUT2D eigenvalue weighted by molar-refractivity contribution is -0.138. The van der Waals surface area contributed by atoms with E-state index in [0.717, 1.165) is 31.7 Å². The van der Waals surface area contributed by atoms with Gasteiger partial charge >= 0.3 is 6.18 Å². The molecule has 0 heterocycles. The van der Waals surface area contributed by atoms with Crippen molar-refractivity contribution in [1.82, 2.24) is 5.32 Å². The summed E-state index contributed by atoms with van der Waals surface area (Å²) in [6, 6.07) is 4.94. The van der Waals surface area contributed by atoms with Crippen LogP contribution < -0.4 is 5.32 Å². The number of amides is 1. The highest BCUT2D eigenvalue weighted by Gasteiger charge is 2.36. The van der Waals surface area contributed by atoms with Gasteiger partial charge in [0.2, 0.25) is 5.91 Å². The maximum absolute atomic E-state index is 12.9. The number of hydrogen-bond donors (Lipinski definition) is 1. The van der Waals surface area contributed by atoms with Gasteiger partial charge in [-0.3, -0.25) is 4.79 Å². The highest BCUT2D eigenvalue weighted by molar-refractivity contribution is 6.30. The summed E-state index contributed by atoms with van der Waals surface area (Å²) in [5.41, 5.74) is -1.06. The molecule has 1 aromatic carbocycles. The molecule has 20 heavy (non-hydrogen) atoms. The molecular formula is C14H15ClF3NO. The van der Waals surface area contributed by atoms with Crippen molar-refractivity contribution in [2.75, 3.05) is 0 Å². The fourth-order valence-corrected chi connectivity index (χ4v) is 2.72. The SMILES string of the molecule is O=C(NC1CCCC1)C(Cl)c1ccccc1C(F)(F)F. The second-order valence-electron chi connectivity index (χ2n) is 4.94. The Morgan fingerprint density at radius 3 is 2.45 bits per heavy atom. The van der Waals surface area contributed by atoms with Crippen LogP contribution in [0, 0.1) is 0 Å². The van der Waals surface area contributed by atoms with Crippen LogP contribution in [0.5, 0.6) is 0 Å². The Morgan fingerprint density at radius 2 is 1.85 bits per heavy atom. The van der Waals surface area contributed by atoms with Crippen LogP contribution in [0.25, 0.3) is 0 Å². The maximum Gasteiger partial charge on any atom is 0.416 e. The van der Waals surface area contributed by atoms with Crippen molar-refractivity contribution in [3.63, 3.8) is 0 Å². The van der Waals surface area contributed by atoms with Crippen molar-refractivity contribution in [3.8, 4) is 0 Å². The smallest absolute Gasteiger partial charge is 0.352 e. The second kappa shape index (κ2) is 6.04. The molecule has 1 saturated carbocycles. The predicted octanol–water partition coefficient (Wildman–Crippen LogP) is 4.04. The number of alkyl halides is 4. The Bertz CT molecular complexity index is 484. The summed E-state index contributed by atoms with van der Waals surface area (Å²) in [6.45, 7) is 0. The summed E-state index contributed by atoms with van der Waals surface area (Å²) in [7, 11) is 0. The number of halogens is 4. The number of nitrogens with one attached hydrogen (secondary N) is 1. The maximum atomic E-state index is 12.9. The lowest BCUT2D eigenvalue weighted by Gasteiger charge is -2.19. The summed E-state index contributed by atoms with van der Waals surface area (Å²) in [5.74, 6) is -0.560. The van der Waals surface area contributed by atoms with E-state index in [1.165, 1.54) is 18.2 Å². The third-order valence-electron chi connectivity index (χ3n) is 3.47. The number of hydrogen-bond acceptors (Lipinski definition) is 1. The van der Waals surface area contributed by atoms with Crippen molar-refractivity contribution in [2.24, 2.45) is 0 Å². The van der Waals surface area contributed by atoms with Gasteiger partial charge in [0.1, 0.15) is 5.38 Å². The van der Waals surface area contributed by atoms with E-state index in [4.69, 9.17) is 11.6 Å². The van der Waals surface area contributed by atoms with E-state index in [-0.39, 0.29) is 11.6 Å². The standard InChI is InChI=1S/C14H15ClF3NO/c15-12(13(20)19-9-5-1-2-6-9)10-7-3-4-8-11(10)14(16,17)18/h3-4,7-9,12H,1-2,5-6H2,(H,19,20). The molecule has 1 unspecified atom stereocenters. The third kappa shape index (κ3) is 3.45. The molecule has 1 atom stereocenters. The van der Waals surface area contributed by atoms with Gasteiger partial charge in [-0.2, -0.15) is 13.2 Å². The first-order valence-corrected chi connectivity index (χ1v) is 6.94. The molecule has 0 bridgehead atoms. The molecule has 0 aromatic heterocycles. The molecule has 1 fully saturated rings. The average Bonchev–Trinajstić information content (AvgIpc) is 2.89. The summed E-state index contributed by atoms with van der Waals surface area (Å²) >= 11 is 5.93. The van der Waals surface area contributed by atoms with Crippen LogP contribution in [0.1, 0.15) is 42.2 Å². The van der Waals surface area contributed by atoms with Gasteiger partial charge in [0.05, 0.1) is 5.56 Å². The van der Waals surface area contributed by atoms with Crippen LogP contribution in [0.2, 0.25) is 0 Å². The zero-order chi connectivity index (χ0) is 14.8. The van der Waals surface area contributed by atoms with Gasteiger partial charge in [-0.15, -0.1) is 11.6 Å². The number of carbonyl (C=O) groups excluding carboxylic acids is 1. The quantitative estimate of drug-likeness (QED) is 0.839. The highest BCUT2D eigenvalue weighted by Crippen LogP contribution is 2.36. The van der Waals surface area contributed by atoms with E-state index >= 15 is 0 Å². The summed E-state index contributed by atoms with van der Waals surface area (Å²) in [6.07, 6.45) is -0.752. The summed E-state index contributed by atoms with van der Waals surface area (Å²) in [4.78, 5) is 12.0. The van der Waals surface area contributed by atoms with Crippen LogP contribution in [-0.2, 0) is 11.0 Å². The Hall–Kier alpha value is -1.23. The molecule has 0 radical (unpaired) electrons. The fraction of sp³-hybridized carbons (Fsp3) is 0.500. The van der Waals surface area contributed by atoms with E-state index < -0.39 is 23.0 Å². The van der Waals surface area contributed by atoms with Crippen LogP contribution in [-0.4, -0.2) is 11.9 Å². The zero-order valence-corrected chi connectivity index (χ0v) is 11.5. The fourth-order valence-electron chi connectivity index (χ4n) is 2.46. The monoisotopic (exact) mass is 305 g/mol. The molecular weight excluding hydrogens is 291 g/mol. The molecule has 110 valence electrons. The van der Waals surface area contributed by atoms with Gasteiger partial charge in [-0.05, 0) is 24.5 Å². The van der Waals surface area contributed by atoms with Gasteiger partial charge < -0.3 is 5.32 Å². The first kappa shape index (κ1) is 15.2. The predicted molar refractivity (Wildman–Crippen MR) is 70.4 cm³/mol. The summed E-state index contributed by atoms with van der Waals surface area (Å²) in [5, 5.41) is 1.39. The molecule has 1 aliphatic rings. The van der Waals surface area contributed by atoms with Crippen LogP contribution in [0.3, 0.4) is 0 Å². The van der Waals surface area contributed by atoms with Gasteiger partial charge in [0.25, 0.3) is 0 Å². The number of benzene rings is 1. The largest absolute Gasteiger partial charge is 0.416 e. The van der Waals surface area contributed by atoms with E-state index in [9.17, 15) is 18.0 Å². The van der Waals surface area contributed by atoms with Crippen LogP contribution in [0.15, 0.2) is 24.3 Å². The molecule has 2 rings (SSSR count). The van der Waals surface area contributed by atoms with Gasteiger partial charge in [0.15, 0.2) is 0 Å². The molecule has 1 aliphatic carbocycles.